The van der Waals surface area contributed by atoms with E-state index in [2.05, 4.69) is 10.5 Å². The molecule has 0 bridgehead atoms. The number of nitrogens with one attached hydrogen (secondary N) is 1. The molecule has 0 spiro atoms. The first-order chi connectivity index (χ1) is 12.5. The number of methoxy groups -OCH3 is 1. The number of carbonyl (C=O) groups excluding carboxylic acids is 2. The summed E-state index contributed by atoms with van der Waals surface area (Å²) < 4.78 is 10.6. The maximum absolute atomic E-state index is 12.2. The summed E-state index contributed by atoms with van der Waals surface area (Å²) in [5.41, 5.74) is 8.44. The Bertz CT molecular complexity index is 1060. The molecule has 3 aromatic rings. The third-order valence-electron chi connectivity index (χ3n) is 3.59. The number of nitrogens with zero attached hydrogens (tertiary/aromatic N) is 1. The van der Waals surface area contributed by atoms with Gasteiger partial charge in [-0.05, 0) is 48.5 Å². The lowest BCUT2D eigenvalue weighted by Crippen LogP contribution is -2.27. The van der Waals surface area contributed by atoms with Gasteiger partial charge in [0.2, 0.25) is 5.55 Å². The fourth-order valence-corrected chi connectivity index (χ4v) is 2.45. The average molecular weight is 372 g/mol. The predicted octanol–water partition coefficient (Wildman–Crippen LogP) is 2.44. The molecule has 0 aliphatic rings. The molecule has 1 aromatic heterocycles. The van der Waals surface area contributed by atoms with Crippen LogP contribution < -0.4 is 21.5 Å². The van der Waals surface area contributed by atoms with Crippen molar-refractivity contribution < 1.29 is 18.7 Å². The third-order valence-corrected chi connectivity index (χ3v) is 3.82. The van der Waals surface area contributed by atoms with Gasteiger partial charge >= 0.3 is 0 Å². The Kier molecular flexibility index (Phi) is 4.90. The van der Waals surface area contributed by atoms with E-state index in [1.807, 2.05) is 0 Å². The van der Waals surface area contributed by atoms with E-state index >= 15 is 0 Å². The van der Waals surface area contributed by atoms with Crippen LogP contribution in [0.4, 0.5) is 0 Å². The number of nitrogens with two attached hydrogens (primary N) is 1. The van der Waals surface area contributed by atoms with Crippen molar-refractivity contribution in [3.05, 3.63) is 70.2 Å². The van der Waals surface area contributed by atoms with E-state index < -0.39 is 11.8 Å². The van der Waals surface area contributed by atoms with Gasteiger partial charge in [0, 0.05) is 16.0 Å². The molecule has 0 saturated heterocycles. The average Bonchev–Trinajstić information content (AvgIpc) is 2.65. The lowest BCUT2D eigenvalue weighted by molar-refractivity contribution is 0.0946. The van der Waals surface area contributed by atoms with Gasteiger partial charge < -0.3 is 14.9 Å². The van der Waals surface area contributed by atoms with Crippen molar-refractivity contribution in [2.75, 3.05) is 7.11 Å². The molecule has 0 aliphatic heterocycles. The van der Waals surface area contributed by atoms with Gasteiger partial charge in [-0.1, -0.05) is 11.6 Å². The van der Waals surface area contributed by atoms with Gasteiger partial charge in [-0.2, -0.15) is 0 Å². The van der Waals surface area contributed by atoms with Crippen LogP contribution in [0, 0.1) is 0 Å². The minimum atomic E-state index is -0.743. The van der Waals surface area contributed by atoms with Crippen molar-refractivity contribution in [3.63, 3.8) is 0 Å². The zero-order valence-corrected chi connectivity index (χ0v) is 14.4. The van der Waals surface area contributed by atoms with Crippen LogP contribution in [0.5, 0.6) is 5.75 Å². The maximum atomic E-state index is 12.2. The summed E-state index contributed by atoms with van der Waals surface area (Å²) in [5.74, 6) is -0.597. The number of primary amides is 1. The molecule has 2 aromatic carbocycles. The summed E-state index contributed by atoms with van der Waals surface area (Å²) >= 11 is 5.94. The van der Waals surface area contributed by atoms with Crippen LogP contribution in [0.25, 0.3) is 11.0 Å². The van der Waals surface area contributed by atoms with Crippen molar-refractivity contribution in [3.8, 4) is 5.75 Å². The van der Waals surface area contributed by atoms with Gasteiger partial charge in [-0.15, -0.1) is 5.10 Å². The molecule has 8 heteroatoms. The van der Waals surface area contributed by atoms with Crippen molar-refractivity contribution in [1.29, 1.82) is 0 Å². The minimum Gasteiger partial charge on any atom is -0.497 e. The molecule has 3 rings (SSSR count). The number of halogens is 1. The first-order valence-corrected chi connectivity index (χ1v) is 7.87. The van der Waals surface area contributed by atoms with E-state index in [4.69, 9.17) is 26.5 Å². The monoisotopic (exact) mass is 371 g/mol. The van der Waals surface area contributed by atoms with Gasteiger partial charge in [-0.25, -0.2) is 5.43 Å². The van der Waals surface area contributed by atoms with Crippen molar-refractivity contribution in [2.45, 2.75) is 0 Å². The Morgan fingerprint density at radius 2 is 1.88 bits per heavy atom. The zero-order chi connectivity index (χ0) is 18.7. The SMILES string of the molecule is COc1ccc(C(=O)N/N=c2/oc3ccc(Cl)cc3cc2C(N)=O)cc1. The lowest BCUT2D eigenvalue weighted by atomic mass is 10.2. The Balaban J connectivity index is 1.97. The highest BCUT2D eigenvalue weighted by Gasteiger charge is 2.11. The van der Waals surface area contributed by atoms with E-state index in [-0.39, 0.29) is 11.1 Å². The molecular weight excluding hydrogens is 358 g/mol. The normalized spacial score (nSPS) is 11.4. The van der Waals surface area contributed by atoms with Crippen molar-refractivity contribution in [2.24, 2.45) is 10.8 Å². The van der Waals surface area contributed by atoms with Crippen LogP contribution in [-0.4, -0.2) is 18.9 Å². The minimum absolute atomic E-state index is 0.0230. The van der Waals surface area contributed by atoms with Crippen LogP contribution in [0.2, 0.25) is 5.02 Å². The molecule has 132 valence electrons. The summed E-state index contributed by atoms with van der Waals surface area (Å²) in [7, 11) is 1.53. The first-order valence-electron chi connectivity index (χ1n) is 7.49. The Morgan fingerprint density at radius 3 is 2.54 bits per heavy atom. The molecule has 26 heavy (non-hydrogen) atoms. The second kappa shape index (κ2) is 7.28. The second-order valence-corrected chi connectivity index (χ2v) is 5.73. The second-order valence-electron chi connectivity index (χ2n) is 5.29. The van der Waals surface area contributed by atoms with Crippen LogP contribution in [0.3, 0.4) is 0 Å². The maximum Gasteiger partial charge on any atom is 0.271 e. The number of benzene rings is 2. The van der Waals surface area contributed by atoms with Crippen LogP contribution in [0.15, 0.2) is 58.0 Å². The fraction of sp³-hybridized carbons (Fsp3) is 0.0556. The fourth-order valence-electron chi connectivity index (χ4n) is 2.27. The molecule has 0 unspecified atom stereocenters. The van der Waals surface area contributed by atoms with Crippen molar-refractivity contribution in [1.82, 2.24) is 5.43 Å². The number of hydrogen-bond donors (Lipinski definition) is 2. The van der Waals surface area contributed by atoms with Crippen LogP contribution >= 0.6 is 11.6 Å². The Hall–Kier alpha value is -3.32. The van der Waals surface area contributed by atoms with Gasteiger partial charge in [0.1, 0.15) is 16.9 Å². The number of hydrogen-bond acceptors (Lipinski definition) is 5. The summed E-state index contributed by atoms with van der Waals surface area (Å²) in [4.78, 5) is 23.9. The van der Waals surface area contributed by atoms with Gasteiger partial charge in [0.15, 0.2) is 0 Å². The molecule has 1 heterocycles. The van der Waals surface area contributed by atoms with E-state index in [1.54, 1.807) is 42.5 Å². The molecular formula is C18H14ClN3O4. The van der Waals surface area contributed by atoms with Gasteiger partial charge in [-0.3, -0.25) is 9.59 Å². The molecule has 0 fully saturated rings. The predicted molar refractivity (Wildman–Crippen MR) is 95.8 cm³/mol. The number of amides is 2. The summed E-state index contributed by atoms with van der Waals surface area (Å²) in [6, 6.07) is 12.9. The number of fused-ring (bicyclic) bond motifs is 1. The number of carbonyl (C=O) groups is 2. The standard InChI is InChI=1S/C18H14ClN3O4/c1-25-13-5-2-10(3-6-13)17(24)21-22-18-14(16(20)23)9-11-8-12(19)4-7-15(11)26-18/h2-9H,1H3,(H2,20,23)(H,21,24)/b22-18+. The largest absolute Gasteiger partial charge is 0.497 e. The summed E-state index contributed by atoms with van der Waals surface area (Å²) in [5, 5.41) is 4.96. The Morgan fingerprint density at radius 1 is 1.15 bits per heavy atom. The first kappa shape index (κ1) is 17.5. The highest BCUT2D eigenvalue weighted by molar-refractivity contribution is 6.31. The molecule has 0 radical (unpaired) electrons. The van der Waals surface area contributed by atoms with Crippen LogP contribution in [0.1, 0.15) is 20.7 Å². The highest BCUT2D eigenvalue weighted by atomic mass is 35.5. The quantitative estimate of drug-likeness (QED) is 0.687. The molecule has 7 nitrogen and oxygen atoms in total. The topological polar surface area (TPSA) is 107 Å². The summed E-state index contributed by atoms with van der Waals surface area (Å²) in [6.07, 6.45) is 0. The highest BCUT2D eigenvalue weighted by Crippen LogP contribution is 2.18. The molecule has 2 amide bonds. The molecule has 0 saturated carbocycles. The third kappa shape index (κ3) is 3.68. The van der Waals surface area contributed by atoms with E-state index in [0.29, 0.717) is 27.3 Å². The van der Waals surface area contributed by atoms with Crippen LogP contribution in [-0.2, 0) is 0 Å². The number of ether oxygens (including phenoxy) is 1. The van der Waals surface area contributed by atoms with Gasteiger partial charge in [0.05, 0.1) is 7.11 Å². The molecule has 0 atom stereocenters. The molecule has 0 aliphatic carbocycles. The number of rotatable bonds is 4. The van der Waals surface area contributed by atoms with Gasteiger partial charge in [0.25, 0.3) is 11.8 Å². The van der Waals surface area contributed by atoms with Crippen molar-refractivity contribution >= 4 is 34.4 Å². The molecule has 3 N–H and O–H groups in total. The van der Waals surface area contributed by atoms with E-state index in [9.17, 15) is 9.59 Å². The smallest absolute Gasteiger partial charge is 0.271 e. The zero-order valence-electron chi connectivity index (χ0n) is 13.7. The van der Waals surface area contributed by atoms with E-state index in [0.717, 1.165) is 0 Å². The lowest BCUT2D eigenvalue weighted by Gasteiger charge is -2.04. The Labute approximate surface area is 153 Å². The van der Waals surface area contributed by atoms with E-state index in [1.165, 1.54) is 13.2 Å². The summed E-state index contributed by atoms with van der Waals surface area (Å²) in [6.45, 7) is 0.